The Bertz CT molecular complexity index is 680. The first-order valence-electron chi connectivity index (χ1n) is 5.30. The summed E-state index contributed by atoms with van der Waals surface area (Å²) in [5.41, 5.74) is 0.657. The zero-order chi connectivity index (χ0) is 12.0. The normalized spacial score (nSPS) is 23.2. The molecule has 17 heavy (non-hydrogen) atoms. The van der Waals surface area contributed by atoms with Crippen molar-refractivity contribution < 1.29 is 8.42 Å². The fourth-order valence-corrected chi connectivity index (χ4v) is 4.33. The molecule has 0 bridgehead atoms. The number of nitrogens with zero attached hydrogens (tertiary/aromatic N) is 3. The van der Waals surface area contributed by atoms with Crippen molar-refractivity contribution in [2.45, 2.75) is 18.1 Å². The number of hydrogen-bond donors (Lipinski definition) is 0. The largest absolute Gasteiger partial charge is 0.228 e. The molecule has 0 amide bonds. The van der Waals surface area contributed by atoms with E-state index < -0.39 is 15.1 Å². The molecule has 0 aromatic carbocycles. The number of aromatic nitrogens is 3. The molecule has 1 atom stereocenters. The van der Waals surface area contributed by atoms with Gasteiger partial charge in [-0.2, -0.15) is 0 Å². The molecular weight excluding hydrogens is 306 g/mol. The van der Waals surface area contributed by atoms with E-state index in [1.165, 1.54) is 0 Å². The quantitative estimate of drug-likeness (QED) is 0.804. The maximum absolute atomic E-state index is 11.8. The summed E-state index contributed by atoms with van der Waals surface area (Å²) in [7, 11) is -3.05. The summed E-state index contributed by atoms with van der Waals surface area (Å²) in [5, 5.41) is 3.71. The monoisotopic (exact) mass is 315 g/mol. The second kappa shape index (κ2) is 3.78. The van der Waals surface area contributed by atoms with E-state index >= 15 is 0 Å². The van der Waals surface area contributed by atoms with E-state index in [1.807, 2.05) is 12.1 Å². The lowest BCUT2D eigenvalue weighted by atomic mass is 10.2. The van der Waals surface area contributed by atoms with Crippen LogP contribution in [0, 0.1) is 0 Å². The van der Waals surface area contributed by atoms with E-state index in [4.69, 9.17) is 0 Å². The highest BCUT2D eigenvalue weighted by Gasteiger charge is 2.35. The maximum Gasteiger partial charge on any atom is 0.169 e. The molecule has 1 aliphatic rings. The third-order valence-corrected chi connectivity index (χ3v) is 5.74. The van der Waals surface area contributed by atoms with Crippen LogP contribution in [-0.2, 0) is 9.84 Å². The summed E-state index contributed by atoms with van der Waals surface area (Å²) in [6, 6.07) is 3.69. The van der Waals surface area contributed by atoms with E-state index in [0.29, 0.717) is 24.3 Å². The Balaban J connectivity index is 2.16. The molecule has 0 N–H and O–H groups in total. The number of hydrogen-bond acceptors (Lipinski definition) is 4. The SMILES string of the molecule is O=S1(=O)CCCC1c1nc2c(Br)cccn2n1. The van der Waals surface area contributed by atoms with E-state index in [2.05, 4.69) is 26.0 Å². The minimum absolute atomic E-state index is 0.244. The van der Waals surface area contributed by atoms with Gasteiger partial charge in [-0.05, 0) is 40.9 Å². The summed E-state index contributed by atoms with van der Waals surface area (Å²) in [4.78, 5) is 4.32. The van der Waals surface area contributed by atoms with Crippen LogP contribution < -0.4 is 0 Å². The van der Waals surface area contributed by atoms with Gasteiger partial charge in [0.1, 0.15) is 5.25 Å². The number of sulfone groups is 1. The first-order chi connectivity index (χ1) is 8.08. The molecule has 5 nitrogen and oxygen atoms in total. The van der Waals surface area contributed by atoms with Crippen molar-refractivity contribution in [2.75, 3.05) is 5.75 Å². The third kappa shape index (κ3) is 1.77. The molecule has 1 fully saturated rings. The topological polar surface area (TPSA) is 64.3 Å². The molecule has 7 heteroatoms. The van der Waals surface area contributed by atoms with Crippen molar-refractivity contribution in [3.63, 3.8) is 0 Å². The van der Waals surface area contributed by atoms with Crippen molar-refractivity contribution in [1.82, 2.24) is 14.6 Å². The summed E-state index contributed by atoms with van der Waals surface area (Å²) in [6.45, 7) is 0. The van der Waals surface area contributed by atoms with Gasteiger partial charge in [-0.15, -0.1) is 5.10 Å². The van der Waals surface area contributed by atoms with Crippen LogP contribution in [0.1, 0.15) is 23.9 Å². The lowest BCUT2D eigenvalue weighted by molar-refractivity contribution is 0.588. The Morgan fingerprint density at radius 3 is 2.94 bits per heavy atom. The van der Waals surface area contributed by atoms with Gasteiger partial charge in [0.05, 0.1) is 10.2 Å². The van der Waals surface area contributed by atoms with Crippen LogP contribution in [0.2, 0.25) is 0 Å². The second-order valence-corrected chi connectivity index (χ2v) is 7.25. The number of halogens is 1. The van der Waals surface area contributed by atoms with Gasteiger partial charge in [-0.25, -0.2) is 17.9 Å². The Morgan fingerprint density at radius 2 is 2.29 bits per heavy atom. The van der Waals surface area contributed by atoms with Gasteiger partial charge >= 0.3 is 0 Å². The molecule has 3 rings (SSSR count). The Labute approximate surface area is 107 Å². The molecule has 0 radical (unpaired) electrons. The summed E-state index contributed by atoms with van der Waals surface area (Å²) in [5.74, 6) is 0.656. The molecule has 0 aliphatic carbocycles. The Kier molecular flexibility index (Phi) is 2.48. The van der Waals surface area contributed by atoms with Crippen molar-refractivity contribution in [2.24, 2.45) is 0 Å². The molecule has 0 saturated carbocycles. The van der Waals surface area contributed by atoms with Gasteiger partial charge in [-0.1, -0.05) is 0 Å². The van der Waals surface area contributed by atoms with Gasteiger partial charge in [0.15, 0.2) is 21.3 Å². The van der Waals surface area contributed by atoms with Crippen LogP contribution in [0.5, 0.6) is 0 Å². The van der Waals surface area contributed by atoms with Crippen molar-refractivity contribution in [3.05, 3.63) is 28.6 Å². The first kappa shape index (κ1) is 11.2. The van der Waals surface area contributed by atoms with Gasteiger partial charge < -0.3 is 0 Å². The van der Waals surface area contributed by atoms with Gasteiger partial charge in [0, 0.05) is 6.20 Å². The standard InChI is InChI=1S/C10H10BrN3O2S/c11-7-3-1-5-14-10(7)12-9(13-14)8-4-2-6-17(8,15)16/h1,3,5,8H,2,4,6H2. The Morgan fingerprint density at radius 1 is 1.47 bits per heavy atom. The van der Waals surface area contributed by atoms with E-state index in [0.717, 1.165) is 4.47 Å². The zero-order valence-electron chi connectivity index (χ0n) is 8.88. The van der Waals surface area contributed by atoms with E-state index in [1.54, 1.807) is 10.7 Å². The number of rotatable bonds is 1. The lowest BCUT2D eigenvalue weighted by Crippen LogP contribution is -2.09. The first-order valence-corrected chi connectivity index (χ1v) is 7.81. The molecule has 1 saturated heterocycles. The Hall–Kier alpha value is -0.950. The maximum atomic E-state index is 11.8. The van der Waals surface area contributed by atoms with E-state index in [-0.39, 0.29) is 5.75 Å². The van der Waals surface area contributed by atoms with Crippen molar-refractivity contribution in [1.29, 1.82) is 0 Å². The molecule has 2 aromatic heterocycles. The summed E-state index contributed by atoms with van der Waals surface area (Å²) < 4.78 is 26.1. The molecule has 90 valence electrons. The zero-order valence-corrected chi connectivity index (χ0v) is 11.3. The molecule has 2 aromatic rings. The predicted octanol–water partition coefficient (Wildman–Crippen LogP) is 1.74. The fraction of sp³-hybridized carbons (Fsp3) is 0.400. The molecule has 0 spiro atoms. The lowest BCUT2D eigenvalue weighted by Gasteiger charge is -2.02. The van der Waals surface area contributed by atoms with Crippen LogP contribution in [0.3, 0.4) is 0 Å². The predicted molar refractivity (Wildman–Crippen MR) is 66.4 cm³/mol. The molecule has 1 aliphatic heterocycles. The highest BCUT2D eigenvalue weighted by Crippen LogP contribution is 2.33. The highest BCUT2D eigenvalue weighted by atomic mass is 79.9. The van der Waals surface area contributed by atoms with Crippen LogP contribution in [-0.4, -0.2) is 28.8 Å². The number of fused-ring (bicyclic) bond motifs is 1. The minimum Gasteiger partial charge on any atom is -0.228 e. The van der Waals surface area contributed by atoms with Crippen LogP contribution in [0.15, 0.2) is 22.8 Å². The summed E-state index contributed by atoms with van der Waals surface area (Å²) in [6.07, 6.45) is 3.08. The molecular formula is C10H10BrN3O2S. The third-order valence-electron chi connectivity index (χ3n) is 2.95. The van der Waals surface area contributed by atoms with Crippen molar-refractivity contribution in [3.8, 4) is 0 Å². The molecule has 3 heterocycles. The fourth-order valence-electron chi connectivity index (χ4n) is 2.11. The second-order valence-electron chi connectivity index (χ2n) is 4.09. The number of pyridine rings is 1. The minimum atomic E-state index is -3.05. The van der Waals surface area contributed by atoms with Gasteiger partial charge in [0.25, 0.3) is 0 Å². The van der Waals surface area contributed by atoms with Crippen LogP contribution in [0.25, 0.3) is 5.65 Å². The average molecular weight is 316 g/mol. The molecule has 1 unspecified atom stereocenters. The summed E-state index contributed by atoms with van der Waals surface area (Å²) >= 11 is 3.37. The van der Waals surface area contributed by atoms with Crippen LogP contribution >= 0.6 is 15.9 Å². The average Bonchev–Trinajstić information content (AvgIpc) is 2.81. The smallest absolute Gasteiger partial charge is 0.169 e. The van der Waals surface area contributed by atoms with Crippen LogP contribution in [0.4, 0.5) is 0 Å². The van der Waals surface area contributed by atoms with E-state index in [9.17, 15) is 8.42 Å². The van der Waals surface area contributed by atoms with Crippen molar-refractivity contribution >= 4 is 31.4 Å². The highest BCUT2D eigenvalue weighted by molar-refractivity contribution is 9.10. The van der Waals surface area contributed by atoms with Gasteiger partial charge in [-0.3, -0.25) is 0 Å². The van der Waals surface area contributed by atoms with Gasteiger partial charge in [0.2, 0.25) is 0 Å².